The molecule has 0 bridgehead atoms. The van der Waals surface area contributed by atoms with E-state index in [1.165, 1.54) is 6.07 Å². The minimum Gasteiger partial charge on any atom is -0.497 e. The molecule has 2 fully saturated rings. The van der Waals surface area contributed by atoms with Crippen molar-refractivity contribution in [3.8, 4) is 11.8 Å². The first kappa shape index (κ1) is 24.9. The zero-order valence-electron chi connectivity index (χ0n) is 19.7. The van der Waals surface area contributed by atoms with E-state index in [1.54, 1.807) is 36.3 Å². The molecule has 9 heteroatoms. The number of aryl methyl sites for hydroxylation is 1. The van der Waals surface area contributed by atoms with E-state index < -0.39 is 17.3 Å². The molecule has 2 heterocycles. The molecule has 0 saturated carbocycles. The number of piperidine rings is 1. The van der Waals surface area contributed by atoms with E-state index in [2.05, 4.69) is 0 Å². The Morgan fingerprint density at radius 3 is 2.51 bits per heavy atom. The lowest BCUT2D eigenvalue weighted by atomic mass is 9.71. The van der Waals surface area contributed by atoms with Crippen molar-refractivity contribution in [2.24, 2.45) is 11.3 Å². The Morgan fingerprint density at radius 2 is 1.94 bits per heavy atom. The number of amides is 1. The summed E-state index contributed by atoms with van der Waals surface area (Å²) in [7, 11) is 1.57. The van der Waals surface area contributed by atoms with Crippen LogP contribution >= 0.6 is 0 Å². The summed E-state index contributed by atoms with van der Waals surface area (Å²) in [6.45, 7) is 3.75. The van der Waals surface area contributed by atoms with Crippen LogP contribution in [0.15, 0.2) is 36.4 Å². The van der Waals surface area contributed by atoms with E-state index in [-0.39, 0.29) is 23.8 Å². The number of nitrogens with zero attached hydrogens (tertiary/aromatic N) is 3. The van der Waals surface area contributed by atoms with E-state index in [0.717, 1.165) is 11.6 Å². The van der Waals surface area contributed by atoms with Gasteiger partial charge in [-0.25, -0.2) is 0 Å². The van der Waals surface area contributed by atoms with Gasteiger partial charge in [-0.05, 0) is 67.1 Å². The summed E-state index contributed by atoms with van der Waals surface area (Å²) in [5.74, 6) is 0.484. The lowest BCUT2D eigenvalue weighted by Crippen LogP contribution is -2.45. The van der Waals surface area contributed by atoms with Gasteiger partial charge in [0, 0.05) is 50.0 Å². The molecule has 2 aromatic carbocycles. The molecule has 0 aliphatic carbocycles. The van der Waals surface area contributed by atoms with Crippen molar-refractivity contribution in [1.82, 2.24) is 4.90 Å². The molecule has 1 amide bonds. The van der Waals surface area contributed by atoms with Gasteiger partial charge in [-0.3, -0.25) is 4.79 Å². The minimum absolute atomic E-state index is 0.0551. The smallest absolute Gasteiger partial charge is 0.417 e. The van der Waals surface area contributed by atoms with Crippen LogP contribution in [-0.2, 0) is 6.18 Å². The molecule has 1 atom stereocenters. The number of carbonyl (C=O) groups is 1. The number of hydrogen-bond acceptors (Lipinski definition) is 5. The zero-order valence-corrected chi connectivity index (χ0v) is 19.7. The van der Waals surface area contributed by atoms with Gasteiger partial charge in [0.05, 0.1) is 24.3 Å². The fourth-order valence-corrected chi connectivity index (χ4v) is 5.45. The van der Waals surface area contributed by atoms with Crippen LogP contribution in [0.3, 0.4) is 0 Å². The summed E-state index contributed by atoms with van der Waals surface area (Å²) >= 11 is 0. The number of halogens is 3. The predicted octanol–water partition coefficient (Wildman–Crippen LogP) is 4.25. The molecule has 0 aromatic heterocycles. The number of methoxy groups -OCH3 is 1. The number of benzene rings is 2. The van der Waals surface area contributed by atoms with E-state index in [9.17, 15) is 23.1 Å². The molecule has 4 rings (SSSR count). The molecule has 2 aliphatic heterocycles. The number of carbonyl (C=O) groups excluding carboxylic acids is 1. The highest BCUT2D eigenvalue weighted by molar-refractivity contribution is 5.96. The molecule has 2 aromatic rings. The maximum atomic E-state index is 13.4. The van der Waals surface area contributed by atoms with E-state index >= 15 is 0 Å². The SMILES string of the molecule is COc1ccc(C(=O)N2CC(CO)C3(CCN(c4ccc(C#N)c(C(F)(F)F)c4)CC3)C2)c(C)c1. The third kappa shape index (κ3) is 4.67. The van der Waals surface area contributed by atoms with Gasteiger partial charge < -0.3 is 19.6 Å². The molecule has 6 nitrogen and oxygen atoms in total. The highest BCUT2D eigenvalue weighted by atomic mass is 19.4. The molecular weight excluding hydrogens is 459 g/mol. The van der Waals surface area contributed by atoms with Gasteiger partial charge in [0.2, 0.25) is 0 Å². The molecule has 2 saturated heterocycles. The van der Waals surface area contributed by atoms with Gasteiger partial charge in [-0.1, -0.05) is 0 Å². The summed E-state index contributed by atoms with van der Waals surface area (Å²) in [4.78, 5) is 17.0. The second-order valence-electron chi connectivity index (χ2n) is 9.43. The second-order valence-corrected chi connectivity index (χ2v) is 9.43. The van der Waals surface area contributed by atoms with E-state index in [4.69, 9.17) is 10.00 Å². The first-order valence-corrected chi connectivity index (χ1v) is 11.5. The number of ether oxygens (including phenoxy) is 1. The summed E-state index contributed by atoms with van der Waals surface area (Å²) in [6.07, 6.45) is -3.32. The van der Waals surface area contributed by atoms with Gasteiger partial charge in [-0.2, -0.15) is 18.4 Å². The fourth-order valence-electron chi connectivity index (χ4n) is 5.45. The summed E-state index contributed by atoms with van der Waals surface area (Å²) < 4.78 is 45.4. The van der Waals surface area contributed by atoms with Crippen LogP contribution in [0.5, 0.6) is 5.75 Å². The molecule has 1 N–H and O–H groups in total. The first-order valence-electron chi connectivity index (χ1n) is 11.5. The normalized spacial score (nSPS) is 19.6. The minimum atomic E-state index is -4.61. The Morgan fingerprint density at radius 1 is 1.23 bits per heavy atom. The third-order valence-corrected chi connectivity index (χ3v) is 7.54. The summed E-state index contributed by atoms with van der Waals surface area (Å²) in [6, 6.07) is 10.7. The summed E-state index contributed by atoms with van der Waals surface area (Å²) in [5.41, 5.74) is 0.209. The molecule has 2 aliphatic rings. The van der Waals surface area contributed by atoms with Crippen molar-refractivity contribution in [3.05, 3.63) is 58.7 Å². The average Bonchev–Trinajstić information content (AvgIpc) is 3.20. The number of anilines is 1. The van der Waals surface area contributed by atoms with Crippen LogP contribution in [0.2, 0.25) is 0 Å². The number of aliphatic hydroxyl groups excluding tert-OH is 1. The highest BCUT2D eigenvalue weighted by Crippen LogP contribution is 2.46. The Bertz CT molecular complexity index is 1150. The van der Waals surface area contributed by atoms with Crippen LogP contribution in [0.1, 0.15) is 39.9 Å². The number of likely N-dealkylation sites (tertiary alicyclic amines) is 1. The Labute approximate surface area is 202 Å². The molecule has 35 heavy (non-hydrogen) atoms. The molecule has 1 unspecified atom stereocenters. The quantitative estimate of drug-likeness (QED) is 0.698. The maximum absolute atomic E-state index is 13.4. The Balaban J connectivity index is 1.50. The van der Waals surface area contributed by atoms with Crippen LogP contribution in [-0.4, -0.2) is 55.8 Å². The number of nitriles is 1. The summed E-state index contributed by atoms with van der Waals surface area (Å²) in [5, 5.41) is 19.2. The average molecular weight is 488 g/mol. The van der Waals surface area contributed by atoms with Gasteiger partial charge >= 0.3 is 6.18 Å². The number of aliphatic hydroxyl groups is 1. The first-order chi connectivity index (χ1) is 16.6. The number of alkyl halides is 3. The molecule has 0 radical (unpaired) electrons. The van der Waals surface area contributed by atoms with Crippen molar-refractivity contribution < 1.29 is 27.8 Å². The van der Waals surface area contributed by atoms with Crippen molar-refractivity contribution in [2.75, 3.05) is 44.8 Å². The standard InChI is InChI=1S/C26H28F3N3O3/c1-17-11-21(35-2)5-6-22(17)24(34)32-14-19(15-33)25(16-32)7-9-31(10-8-25)20-4-3-18(13-30)23(12-20)26(27,28)29/h3-6,11-12,19,33H,7-10,14-16H2,1-2H3. The van der Waals surface area contributed by atoms with Crippen LogP contribution < -0.4 is 9.64 Å². The van der Waals surface area contributed by atoms with Crippen molar-refractivity contribution in [2.45, 2.75) is 25.9 Å². The van der Waals surface area contributed by atoms with E-state index in [0.29, 0.717) is 56.0 Å². The van der Waals surface area contributed by atoms with Crippen molar-refractivity contribution in [1.29, 1.82) is 5.26 Å². The van der Waals surface area contributed by atoms with Crippen LogP contribution in [0.25, 0.3) is 0 Å². The predicted molar refractivity (Wildman–Crippen MR) is 124 cm³/mol. The van der Waals surface area contributed by atoms with Gasteiger partial charge in [0.25, 0.3) is 5.91 Å². The van der Waals surface area contributed by atoms with Gasteiger partial charge in [0.15, 0.2) is 0 Å². The van der Waals surface area contributed by atoms with Crippen molar-refractivity contribution >= 4 is 11.6 Å². The zero-order chi connectivity index (χ0) is 25.4. The Kier molecular flexibility index (Phi) is 6.69. The molecule has 1 spiro atoms. The topological polar surface area (TPSA) is 76.8 Å². The Hall–Kier alpha value is -3.25. The van der Waals surface area contributed by atoms with Gasteiger partial charge in [0.1, 0.15) is 5.75 Å². The molecular formula is C26H28F3N3O3. The number of hydrogen-bond donors (Lipinski definition) is 1. The largest absolute Gasteiger partial charge is 0.497 e. The fraction of sp³-hybridized carbons (Fsp3) is 0.462. The van der Waals surface area contributed by atoms with Crippen molar-refractivity contribution in [3.63, 3.8) is 0 Å². The lowest BCUT2D eigenvalue weighted by molar-refractivity contribution is -0.137. The lowest BCUT2D eigenvalue weighted by Gasteiger charge is -2.43. The second kappa shape index (κ2) is 9.42. The number of rotatable bonds is 4. The van der Waals surface area contributed by atoms with E-state index in [1.807, 2.05) is 17.9 Å². The van der Waals surface area contributed by atoms with Crippen LogP contribution in [0.4, 0.5) is 18.9 Å². The van der Waals surface area contributed by atoms with Gasteiger partial charge in [-0.15, -0.1) is 0 Å². The van der Waals surface area contributed by atoms with Crippen LogP contribution in [0, 0.1) is 29.6 Å². The highest BCUT2D eigenvalue weighted by Gasteiger charge is 2.49. The third-order valence-electron chi connectivity index (χ3n) is 7.54. The monoisotopic (exact) mass is 487 g/mol. The molecule has 186 valence electrons. The maximum Gasteiger partial charge on any atom is 0.417 e.